The van der Waals surface area contributed by atoms with Crippen LogP contribution in [-0.4, -0.2) is 52.0 Å². The van der Waals surface area contributed by atoms with E-state index in [0.717, 1.165) is 28.3 Å². The van der Waals surface area contributed by atoms with Crippen LogP contribution in [0.1, 0.15) is 35.3 Å². The minimum Gasteiger partial charge on any atom is -0.494 e. The zero-order valence-corrected chi connectivity index (χ0v) is 19.2. The molecule has 1 N–H and O–H groups in total. The summed E-state index contributed by atoms with van der Waals surface area (Å²) in [6, 6.07) is 6.17. The molecule has 2 unspecified atom stereocenters. The number of likely N-dealkylation sites (tertiary alicyclic amines) is 1. The summed E-state index contributed by atoms with van der Waals surface area (Å²) in [5.74, 6) is 0.993. The molecule has 1 aliphatic heterocycles. The number of nitrogens with zero attached hydrogens (tertiary/aromatic N) is 4. The Balaban J connectivity index is 1.56. The van der Waals surface area contributed by atoms with Gasteiger partial charge < -0.3 is 15.0 Å². The number of amides is 1. The molecule has 1 saturated heterocycles. The van der Waals surface area contributed by atoms with E-state index in [2.05, 4.69) is 27.2 Å². The predicted molar refractivity (Wildman–Crippen MR) is 123 cm³/mol. The Morgan fingerprint density at radius 2 is 2.00 bits per heavy atom. The molecule has 0 saturated carbocycles. The highest BCUT2D eigenvalue weighted by atomic mass is 32.1. The fraction of sp³-hybridized carbons (Fsp3) is 0.391. The maximum absolute atomic E-state index is 13.6. The molecule has 1 aromatic carbocycles. The molecule has 2 aromatic heterocycles. The SMILES string of the molecule is COc1cnc(NCC2C(C)CCCN2C(=O)c2nc(C)sc2-c2ccc(F)cc2)nc1. The van der Waals surface area contributed by atoms with Gasteiger partial charge in [0.15, 0.2) is 5.75 Å². The molecule has 2 atom stereocenters. The number of benzene rings is 1. The maximum Gasteiger partial charge on any atom is 0.274 e. The Kier molecular flexibility index (Phi) is 6.64. The van der Waals surface area contributed by atoms with Crippen LogP contribution in [0.5, 0.6) is 5.75 Å². The summed E-state index contributed by atoms with van der Waals surface area (Å²) in [5, 5.41) is 4.06. The predicted octanol–water partition coefficient (Wildman–Crippen LogP) is 4.41. The van der Waals surface area contributed by atoms with Crippen LogP contribution < -0.4 is 10.1 Å². The van der Waals surface area contributed by atoms with Gasteiger partial charge in [-0.25, -0.2) is 19.3 Å². The summed E-state index contributed by atoms with van der Waals surface area (Å²) in [6.45, 7) is 5.24. The van der Waals surface area contributed by atoms with Crippen molar-refractivity contribution in [1.82, 2.24) is 19.9 Å². The number of anilines is 1. The maximum atomic E-state index is 13.6. The number of halogens is 1. The van der Waals surface area contributed by atoms with Crippen LogP contribution in [0.4, 0.5) is 10.3 Å². The summed E-state index contributed by atoms with van der Waals surface area (Å²) in [4.78, 5) is 29.4. The molecule has 0 radical (unpaired) electrons. The number of hydrogen-bond acceptors (Lipinski definition) is 7. The molecule has 1 fully saturated rings. The standard InChI is InChI=1S/C23H26FN5O2S/c1-14-5-4-10-29(19(14)13-27-23-25-11-18(31-3)12-26-23)22(30)20-21(32-15(2)28-20)16-6-8-17(24)9-7-16/h6-9,11-12,14,19H,4-5,10,13H2,1-3H3,(H,25,26,27). The van der Waals surface area contributed by atoms with E-state index in [1.54, 1.807) is 31.6 Å². The highest BCUT2D eigenvalue weighted by molar-refractivity contribution is 7.15. The molecule has 1 amide bonds. The summed E-state index contributed by atoms with van der Waals surface area (Å²) in [6.07, 6.45) is 5.20. The number of piperidine rings is 1. The zero-order chi connectivity index (χ0) is 22.7. The number of ether oxygens (including phenoxy) is 1. The van der Waals surface area contributed by atoms with Gasteiger partial charge in [0, 0.05) is 13.1 Å². The molecular weight excluding hydrogens is 429 g/mol. The topological polar surface area (TPSA) is 80.2 Å². The second kappa shape index (κ2) is 9.60. The van der Waals surface area contributed by atoms with Gasteiger partial charge in [0.25, 0.3) is 5.91 Å². The van der Waals surface area contributed by atoms with Crippen molar-refractivity contribution in [3.05, 3.63) is 53.2 Å². The van der Waals surface area contributed by atoms with Crippen molar-refractivity contribution < 1.29 is 13.9 Å². The number of methoxy groups -OCH3 is 1. The Hall–Kier alpha value is -3.07. The fourth-order valence-corrected chi connectivity index (χ4v) is 4.94. The van der Waals surface area contributed by atoms with E-state index in [1.165, 1.54) is 23.5 Å². The third kappa shape index (κ3) is 4.72. The van der Waals surface area contributed by atoms with Gasteiger partial charge in [0.1, 0.15) is 11.5 Å². The van der Waals surface area contributed by atoms with E-state index in [0.29, 0.717) is 36.4 Å². The molecule has 168 valence electrons. The second-order valence-corrected chi connectivity index (χ2v) is 9.13. The summed E-state index contributed by atoms with van der Waals surface area (Å²) in [7, 11) is 1.57. The smallest absolute Gasteiger partial charge is 0.274 e. The number of carbonyl (C=O) groups is 1. The van der Waals surface area contributed by atoms with E-state index in [4.69, 9.17) is 4.74 Å². The molecule has 0 spiro atoms. The van der Waals surface area contributed by atoms with Crippen LogP contribution in [0, 0.1) is 18.7 Å². The number of rotatable bonds is 6. The van der Waals surface area contributed by atoms with Crippen LogP contribution >= 0.6 is 11.3 Å². The van der Waals surface area contributed by atoms with Crippen LogP contribution in [0.15, 0.2) is 36.7 Å². The number of carbonyl (C=O) groups excluding carboxylic acids is 1. The van der Waals surface area contributed by atoms with Gasteiger partial charge in [-0.15, -0.1) is 11.3 Å². The van der Waals surface area contributed by atoms with Crippen molar-refractivity contribution in [2.45, 2.75) is 32.7 Å². The van der Waals surface area contributed by atoms with E-state index >= 15 is 0 Å². The molecule has 0 bridgehead atoms. The van der Waals surface area contributed by atoms with Gasteiger partial charge in [0.2, 0.25) is 5.95 Å². The average Bonchev–Trinajstić information content (AvgIpc) is 3.20. The van der Waals surface area contributed by atoms with Gasteiger partial charge in [-0.3, -0.25) is 4.79 Å². The Bertz CT molecular complexity index is 1070. The van der Waals surface area contributed by atoms with Crippen LogP contribution in [-0.2, 0) is 0 Å². The quantitative estimate of drug-likeness (QED) is 0.593. The normalized spacial score (nSPS) is 18.4. The van der Waals surface area contributed by atoms with Crippen LogP contribution in [0.3, 0.4) is 0 Å². The molecule has 9 heteroatoms. The fourth-order valence-electron chi connectivity index (χ4n) is 4.03. The van der Waals surface area contributed by atoms with Crippen molar-refractivity contribution >= 4 is 23.2 Å². The van der Waals surface area contributed by atoms with Gasteiger partial charge in [-0.1, -0.05) is 19.1 Å². The van der Waals surface area contributed by atoms with E-state index in [-0.39, 0.29) is 17.8 Å². The van der Waals surface area contributed by atoms with Gasteiger partial charge in [-0.2, -0.15) is 0 Å². The molecule has 0 aliphatic carbocycles. The molecule has 7 nitrogen and oxygen atoms in total. The first-order valence-corrected chi connectivity index (χ1v) is 11.4. The first kappa shape index (κ1) is 22.1. The lowest BCUT2D eigenvalue weighted by Gasteiger charge is -2.40. The van der Waals surface area contributed by atoms with E-state index in [1.807, 2.05) is 11.8 Å². The number of thiazole rings is 1. The van der Waals surface area contributed by atoms with Crippen molar-refractivity contribution in [2.24, 2.45) is 5.92 Å². The summed E-state index contributed by atoms with van der Waals surface area (Å²) < 4.78 is 18.5. The summed E-state index contributed by atoms with van der Waals surface area (Å²) in [5.41, 5.74) is 1.23. The molecule has 4 rings (SSSR count). The highest BCUT2D eigenvalue weighted by Gasteiger charge is 2.34. The Morgan fingerprint density at radius 3 is 2.69 bits per heavy atom. The van der Waals surface area contributed by atoms with Crippen molar-refractivity contribution in [3.8, 4) is 16.2 Å². The summed E-state index contributed by atoms with van der Waals surface area (Å²) >= 11 is 1.45. The van der Waals surface area contributed by atoms with Crippen molar-refractivity contribution in [1.29, 1.82) is 0 Å². The highest BCUT2D eigenvalue weighted by Crippen LogP contribution is 2.33. The Labute approximate surface area is 190 Å². The lowest BCUT2D eigenvalue weighted by atomic mass is 9.90. The monoisotopic (exact) mass is 455 g/mol. The van der Waals surface area contributed by atoms with Crippen molar-refractivity contribution in [3.63, 3.8) is 0 Å². The molecule has 3 heterocycles. The van der Waals surface area contributed by atoms with Gasteiger partial charge in [0.05, 0.1) is 35.4 Å². The molecular formula is C23H26FN5O2S. The largest absolute Gasteiger partial charge is 0.494 e. The second-order valence-electron chi connectivity index (χ2n) is 7.93. The van der Waals surface area contributed by atoms with Gasteiger partial charge >= 0.3 is 0 Å². The first-order chi connectivity index (χ1) is 15.5. The van der Waals surface area contributed by atoms with Crippen LogP contribution in [0.2, 0.25) is 0 Å². The minimum atomic E-state index is -0.306. The number of aromatic nitrogens is 3. The number of nitrogens with one attached hydrogen (secondary N) is 1. The molecule has 3 aromatic rings. The van der Waals surface area contributed by atoms with E-state index < -0.39 is 0 Å². The lowest BCUT2D eigenvalue weighted by molar-refractivity contribution is 0.0535. The third-order valence-corrected chi connectivity index (χ3v) is 6.77. The molecule has 1 aliphatic rings. The number of aryl methyl sites for hydroxylation is 1. The average molecular weight is 456 g/mol. The van der Waals surface area contributed by atoms with Gasteiger partial charge in [-0.05, 0) is 43.4 Å². The Morgan fingerprint density at radius 1 is 1.28 bits per heavy atom. The zero-order valence-electron chi connectivity index (χ0n) is 18.3. The third-order valence-electron chi connectivity index (χ3n) is 5.75. The lowest BCUT2D eigenvalue weighted by Crippen LogP contribution is -2.51. The van der Waals surface area contributed by atoms with Crippen molar-refractivity contribution in [2.75, 3.05) is 25.5 Å². The van der Waals surface area contributed by atoms with Crippen LogP contribution in [0.25, 0.3) is 10.4 Å². The first-order valence-electron chi connectivity index (χ1n) is 10.6. The minimum absolute atomic E-state index is 0.0231. The van der Waals surface area contributed by atoms with E-state index in [9.17, 15) is 9.18 Å². The molecule has 32 heavy (non-hydrogen) atoms. The number of hydrogen-bond donors (Lipinski definition) is 1.